The van der Waals surface area contributed by atoms with Crippen LogP contribution >= 0.6 is 15.9 Å². The second kappa shape index (κ2) is 4.19. The molecule has 0 saturated carbocycles. The maximum atomic E-state index is 13.0. The molecule has 2 N–H and O–H groups in total. The number of nitrogens with two attached hydrogens (primary N) is 1. The Morgan fingerprint density at radius 3 is 2.64 bits per heavy atom. The van der Waals surface area contributed by atoms with E-state index in [-0.39, 0.29) is 5.78 Å². The topological polar surface area (TPSA) is 43.1 Å². The van der Waals surface area contributed by atoms with Gasteiger partial charge in [-0.15, -0.1) is 0 Å². The number of halogens is 2. The molecule has 1 aromatic carbocycles. The van der Waals surface area contributed by atoms with E-state index in [2.05, 4.69) is 15.9 Å². The molecule has 1 atom stereocenters. The lowest BCUT2D eigenvalue weighted by Gasteiger charge is -2.09. The van der Waals surface area contributed by atoms with E-state index in [9.17, 15) is 9.18 Å². The average Bonchev–Trinajstić information content (AvgIpc) is 2.09. The molecule has 1 rings (SSSR count). The summed E-state index contributed by atoms with van der Waals surface area (Å²) < 4.78 is 13.6. The van der Waals surface area contributed by atoms with Crippen molar-refractivity contribution in [2.24, 2.45) is 5.73 Å². The molecule has 76 valence electrons. The molecule has 0 radical (unpaired) electrons. The third-order valence-electron chi connectivity index (χ3n) is 1.99. The van der Waals surface area contributed by atoms with Crippen LogP contribution in [0.15, 0.2) is 16.6 Å². The van der Waals surface area contributed by atoms with Gasteiger partial charge >= 0.3 is 0 Å². The number of hydrogen-bond acceptors (Lipinski definition) is 2. The van der Waals surface area contributed by atoms with Crippen LogP contribution in [0.4, 0.5) is 4.39 Å². The van der Waals surface area contributed by atoms with Crippen molar-refractivity contribution in [1.82, 2.24) is 0 Å². The molecule has 0 fully saturated rings. The van der Waals surface area contributed by atoms with Crippen molar-refractivity contribution < 1.29 is 9.18 Å². The van der Waals surface area contributed by atoms with Crippen molar-refractivity contribution in [3.05, 3.63) is 33.5 Å². The Morgan fingerprint density at radius 2 is 2.14 bits per heavy atom. The maximum Gasteiger partial charge on any atom is 0.179 e. The Bertz CT molecular complexity index is 377. The highest BCUT2D eigenvalue weighted by molar-refractivity contribution is 9.10. The van der Waals surface area contributed by atoms with Crippen LogP contribution in [0.25, 0.3) is 0 Å². The zero-order valence-electron chi connectivity index (χ0n) is 7.97. The van der Waals surface area contributed by atoms with Crippen LogP contribution in [0, 0.1) is 12.7 Å². The third-order valence-corrected chi connectivity index (χ3v) is 2.81. The van der Waals surface area contributed by atoms with E-state index < -0.39 is 11.9 Å². The van der Waals surface area contributed by atoms with Crippen LogP contribution < -0.4 is 5.73 Å². The van der Waals surface area contributed by atoms with Gasteiger partial charge in [-0.2, -0.15) is 0 Å². The summed E-state index contributed by atoms with van der Waals surface area (Å²) in [6.07, 6.45) is 0. The molecule has 1 unspecified atom stereocenters. The van der Waals surface area contributed by atoms with Gasteiger partial charge in [-0.25, -0.2) is 4.39 Å². The SMILES string of the molecule is Cc1c(Br)cc(F)cc1C(=O)C(C)N. The zero-order chi connectivity index (χ0) is 10.9. The molecule has 0 spiro atoms. The van der Waals surface area contributed by atoms with E-state index >= 15 is 0 Å². The van der Waals surface area contributed by atoms with Gasteiger partial charge in [0.2, 0.25) is 0 Å². The van der Waals surface area contributed by atoms with Gasteiger partial charge in [0.25, 0.3) is 0 Å². The first-order chi connectivity index (χ1) is 6.43. The van der Waals surface area contributed by atoms with Gasteiger partial charge in [0.1, 0.15) is 5.82 Å². The summed E-state index contributed by atoms with van der Waals surface area (Å²) in [6.45, 7) is 3.33. The molecule has 0 saturated heterocycles. The van der Waals surface area contributed by atoms with Crippen LogP contribution in [0.2, 0.25) is 0 Å². The number of benzene rings is 1. The van der Waals surface area contributed by atoms with Crippen molar-refractivity contribution in [2.45, 2.75) is 19.9 Å². The van der Waals surface area contributed by atoms with Gasteiger partial charge in [0.05, 0.1) is 6.04 Å². The van der Waals surface area contributed by atoms with Gasteiger partial charge in [-0.1, -0.05) is 15.9 Å². The number of rotatable bonds is 2. The Balaban J connectivity index is 3.27. The smallest absolute Gasteiger partial charge is 0.179 e. The molecule has 0 heterocycles. The third kappa shape index (κ3) is 2.19. The first kappa shape index (κ1) is 11.3. The fourth-order valence-electron chi connectivity index (χ4n) is 1.15. The zero-order valence-corrected chi connectivity index (χ0v) is 9.56. The average molecular weight is 260 g/mol. The van der Waals surface area contributed by atoms with E-state index in [1.807, 2.05) is 0 Å². The molecule has 1 aromatic rings. The van der Waals surface area contributed by atoms with E-state index in [4.69, 9.17) is 5.73 Å². The minimum atomic E-state index is -0.609. The largest absolute Gasteiger partial charge is 0.321 e. The molecule has 0 aromatic heterocycles. The lowest BCUT2D eigenvalue weighted by Crippen LogP contribution is -2.27. The van der Waals surface area contributed by atoms with E-state index in [0.717, 1.165) is 0 Å². The lowest BCUT2D eigenvalue weighted by molar-refractivity contribution is 0.0967. The normalized spacial score (nSPS) is 12.6. The summed E-state index contributed by atoms with van der Waals surface area (Å²) in [6, 6.07) is 1.93. The highest BCUT2D eigenvalue weighted by atomic mass is 79.9. The van der Waals surface area contributed by atoms with Crippen LogP contribution in [0.1, 0.15) is 22.8 Å². The second-order valence-electron chi connectivity index (χ2n) is 3.21. The van der Waals surface area contributed by atoms with Crippen molar-refractivity contribution in [1.29, 1.82) is 0 Å². The van der Waals surface area contributed by atoms with E-state index in [1.165, 1.54) is 12.1 Å². The van der Waals surface area contributed by atoms with Gasteiger partial charge in [-0.05, 0) is 31.5 Å². The number of ketones is 1. The number of carbonyl (C=O) groups excluding carboxylic acids is 1. The van der Waals surface area contributed by atoms with Crippen molar-refractivity contribution in [3.63, 3.8) is 0 Å². The molecular weight excluding hydrogens is 249 g/mol. The van der Waals surface area contributed by atoms with Gasteiger partial charge < -0.3 is 5.73 Å². The summed E-state index contributed by atoms with van der Waals surface area (Å²) in [5, 5.41) is 0. The summed E-state index contributed by atoms with van der Waals surface area (Å²) >= 11 is 3.18. The first-order valence-electron chi connectivity index (χ1n) is 4.19. The molecule has 0 aliphatic rings. The Kier molecular flexibility index (Phi) is 3.39. The Hall–Kier alpha value is -0.740. The second-order valence-corrected chi connectivity index (χ2v) is 4.07. The highest BCUT2D eigenvalue weighted by Crippen LogP contribution is 2.22. The standard InChI is InChI=1S/C10H11BrFNO/c1-5-8(10(14)6(2)13)3-7(12)4-9(5)11/h3-4,6H,13H2,1-2H3. The highest BCUT2D eigenvalue weighted by Gasteiger charge is 2.16. The van der Waals surface area contributed by atoms with E-state index in [1.54, 1.807) is 13.8 Å². The predicted octanol–water partition coefficient (Wildman–Crippen LogP) is 2.43. The van der Waals surface area contributed by atoms with Crippen molar-refractivity contribution >= 4 is 21.7 Å². The Morgan fingerprint density at radius 1 is 1.57 bits per heavy atom. The number of hydrogen-bond donors (Lipinski definition) is 1. The minimum absolute atomic E-state index is 0.247. The monoisotopic (exact) mass is 259 g/mol. The molecule has 0 amide bonds. The summed E-state index contributed by atoms with van der Waals surface area (Å²) in [5.41, 5.74) is 6.51. The van der Waals surface area contributed by atoms with E-state index in [0.29, 0.717) is 15.6 Å². The molecule has 14 heavy (non-hydrogen) atoms. The number of carbonyl (C=O) groups is 1. The minimum Gasteiger partial charge on any atom is -0.321 e. The maximum absolute atomic E-state index is 13.0. The lowest BCUT2D eigenvalue weighted by atomic mass is 10.0. The Labute approximate surface area is 90.4 Å². The molecule has 0 aliphatic heterocycles. The number of Topliss-reactive ketones (excluding diaryl/α,β-unsaturated/α-hetero) is 1. The summed E-state index contributed by atoms with van der Waals surface area (Å²) in [5.74, 6) is -0.686. The fourth-order valence-corrected chi connectivity index (χ4v) is 1.58. The van der Waals surface area contributed by atoms with Crippen LogP contribution in [0.5, 0.6) is 0 Å². The van der Waals surface area contributed by atoms with Gasteiger partial charge in [0, 0.05) is 10.0 Å². The summed E-state index contributed by atoms with van der Waals surface area (Å²) in [4.78, 5) is 11.6. The quantitative estimate of drug-likeness (QED) is 0.830. The van der Waals surface area contributed by atoms with Gasteiger partial charge in [0.15, 0.2) is 5.78 Å². The molecule has 0 aliphatic carbocycles. The fraction of sp³-hybridized carbons (Fsp3) is 0.300. The van der Waals surface area contributed by atoms with Gasteiger partial charge in [-0.3, -0.25) is 4.79 Å². The molecule has 0 bridgehead atoms. The predicted molar refractivity (Wildman–Crippen MR) is 56.8 cm³/mol. The van der Waals surface area contributed by atoms with Crippen LogP contribution in [0.3, 0.4) is 0 Å². The molecule has 2 nitrogen and oxygen atoms in total. The van der Waals surface area contributed by atoms with Crippen LogP contribution in [-0.4, -0.2) is 11.8 Å². The molecular formula is C10H11BrFNO. The first-order valence-corrected chi connectivity index (χ1v) is 4.98. The molecule has 4 heteroatoms. The van der Waals surface area contributed by atoms with Crippen molar-refractivity contribution in [2.75, 3.05) is 0 Å². The van der Waals surface area contributed by atoms with Crippen LogP contribution in [-0.2, 0) is 0 Å². The summed E-state index contributed by atoms with van der Waals surface area (Å²) in [7, 11) is 0. The van der Waals surface area contributed by atoms with Crippen molar-refractivity contribution in [3.8, 4) is 0 Å².